The van der Waals surface area contributed by atoms with Crippen molar-refractivity contribution in [1.29, 1.82) is 5.26 Å². The third-order valence-corrected chi connectivity index (χ3v) is 2.17. The lowest BCUT2D eigenvalue weighted by atomic mass is 10.3. The molecule has 1 aromatic rings. The SMILES string of the molecule is CCOC(=O)c1nc(C#N)ncc1N(C)C(C)=O. The van der Waals surface area contributed by atoms with E-state index in [1.807, 2.05) is 0 Å². The predicted molar refractivity (Wildman–Crippen MR) is 61.8 cm³/mol. The number of carbonyl (C=O) groups excluding carboxylic acids is 2. The average Bonchev–Trinajstić information content (AvgIpc) is 2.37. The molecule has 1 amide bonds. The number of nitriles is 1. The van der Waals surface area contributed by atoms with Gasteiger partial charge in [-0.2, -0.15) is 5.26 Å². The maximum Gasteiger partial charge on any atom is 0.359 e. The number of carbonyl (C=O) groups is 2. The molecule has 0 aliphatic rings. The van der Waals surface area contributed by atoms with Crippen molar-refractivity contribution >= 4 is 17.6 Å². The molecule has 0 atom stereocenters. The number of hydrogen-bond donors (Lipinski definition) is 0. The molecule has 18 heavy (non-hydrogen) atoms. The van der Waals surface area contributed by atoms with Crippen LogP contribution in [0.4, 0.5) is 5.69 Å². The van der Waals surface area contributed by atoms with Crippen molar-refractivity contribution < 1.29 is 14.3 Å². The Labute approximate surface area is 104 Å². The van der Waals surface area contributed by atoms with E-state index in [1.165, 1.54) is 25.1 Å². The average molecular weight is 248 g/mol. The lowest BCUT2D eigenvalue weighted by Crippen LogP contribution is -2.26. The third kappa shape index (κ3) is 2.79. The molecule has 0 aliphatic heterocycles. The molecule has 1 heterocycles. The van der Waals surface area contributed by atoms with E-state index < -0.39 is 5.97 Å². The summed E-state index contributed by atoms with van der Waals surface area (Å²) in [5.41, 5.74) is 0.112. The Morgan fingerprint density at radius 3 is 2.72 bits per heavy atom. The molecular formula is C11H12N4O3. The Morgan fingerprint density at radius 1 is 1.56 bits per heavy atom. The summed E-state index contributed by atoms with van der Waals surface area (Å²) >= 11 is 0. The first-order valence-electron chi connectivity index (χ1n) is 5.19. The molecule has 1 rings (SSSR count). The molecule has 0 saturated carbocycles. The molecule has 0 spiro atoms. The van der Waals surface area contributed by atoms with E-state index in [2.05, 4.69) is 9.97 Å². The van der Waals surface area contributed by atoms with Crippen molar-refractivity contribution in [2.75, 3.05) is 18.6 Å². The third-order valence-electron chi connectivity index (χ3n) is 2.17. The highest BCUT2D eigenvalue weighted by Gasteiger charge is 2.20. The Hall–Kier alpha value is -2.49. The van der Waals surface area contributed by atoms with Gasteiger partial charge in [-0.3, -0.25) is 4.79 Å². The van der Waals surface area contributed by atoms with E-state index in [1.54, 1.807) is 13.0 Å². The Bertz CT molecular complexity index is 522. The smallest absolute Gasteiger partial charge is 0.359 e. The summed E-state index contributed by atoms with van der Waals surface area (Å²) in [6.45, 7) is 3.17. The maximum absolute atomic E-state index is 11.7. The van der Waals surface area contributed by atoms with Crippen molar-refractivity contribution in [2.24, 2.45) is 0 Å². The van der Waals surface area contributed by atoms with Gasteiger partial charge in [-0.15, -0.1) is 0 Å². The van der Waals surface area contributed by atoms with Gasteiger partial charge in [0, 0.05) is 14.0 Å². The number of amides is 1. The maximum atomic E-state index is 11.7. The monoisotopic (exact) mass is 248 g/mol. The van der Waals surface area contributed by atoms with Gasteiger partial charge >= 0.3 is 5.97 Å². The fourth-order valence-electron chi connectivity index (χ4n) is 1.19. The summed E-state index contributed by atoms with van der Waals surface area (Å²) in [4.78, 5) is 31.7. The van der Waals surface area contributed by atoms with Gasteiger partial charge in [0.05, 0.1) is 18.5 Å². The zero-order valence-corrected chi connectivity index (χ0v) is 10.3. The Morgan fingerprint density at radius 2 is 2.22 bits per heavy atom. The zero-order chi connectivity index (χ0) is 13.7. The molecule has 0 radical (unpaired) electrons. The standard InChI is InChI=1S/C11H12N4O3/c1-4-18-11(17)10-8(15(3)7(2)16)6-13-9(5-12)14-10/h6H,4H2,1-3H3. The van der Waals surface area contributed by atoms with Crippen LogP contribution in [-0.2, 0) is 9.53 Å². The number of esters is 1. The van der Waals surface area contributed by atoms with E-state index in [9.17, 15) is 9.59 Å². The van der Waals surface area contributed by atoms with Crippen LogP contribution in [0.3, 0.4) is 0 Å². The van der Waals surface area contributed by atoms with Crippen LogP contribution in [0.1, 0.15) is 30.2 Å². The topological polar surface area (TPSA) is 96.2 Å². The molecule has 0 N–H and O–H groups in total. The van der Waals surface area contributed by atoms with Gasteiger partial charge in [0.2, 0.25) is 11.7 Å². The predicted octanol–water partition coefficient (Wildman–Crippen LogP) is 0.508. The first kappa shape index (κ1) is 13.6. The molecular weight excluding hydrogens is 236 g/mol. The summed E-state index contributed by atoms with van der Waals surface area (Å²) in [6.07, 6.45) is 1.25. The van der Waals surface area contributed by atoms with Gasteiger partial charge in [0.25, 0.3) is 0 Å². The van der Waals surface area contributed by atoms with Gasteiger partial charge in [-0.05, 0) is 6.92 Å². The van der Waals surface area contributed by atoms with E-state index in [0.29, 0.717) is 0 Å². The molecule has 7 nitrogen and oxygen atoms in total. The number of nitrogens with zero attached hydrogens (tertiary/aromatic N) is 4. The van der Waals surface area contributed by atoms with Gasteiger partial charge in [-0.25, -0.2) is 14.8 Å². The lowest BCUT2D eigenvalue weighted by Gasteiger charge is -2.16. The highest BCUT2D eigenvalue weighted by molar-refractivity contribution is 6.00. The first-order valence-corrected chi connectivity index (χ1v) is 5.19. The van der Waals surface area contributed by atoms with Crippen molar-refractivity contribution in [3.05, 3.63) is 17.7 Å². The highest BCUT2D eigenvalue weighted by Crippen LogP contribution is 2.17. The van der Waals surface area contributed by atoms with Crippen molar-refractivity contribution in [2.45, 2.75) is 13.8 Å². The number of anilines is 1. The Kier molecular flexibility index (Phi) is 4.32. The van der Waals surface area contributed by atoms with Crippen molar-refractivity contribution in [1.82, 2.24) is 9.97 Å². The fraction of sp³-hybridized carbons (Fsp3) is 0.364. The van der Waals surface area contributed by atoms with Crippen molar-refractivity contribution in [3.63, 3.8) is 0 Å². The number of rotatable bonds is 3. The highest BCUT2D eigenvalue weighted by atomic mass is 16.5. The summed E-state index contributed by atoms with van der Waals surface area (Å²) in [7, 11) is 1.48. The summed E-state index contributed by atoms with van der Waals surface area (Å²) in [5.74, 6) is -1.13. The molecule has 7 heteroatoms. The molecule has 94 valence electrons. The molecule has 0 unspecified atom stereocenters. The van der Waals surface area contributed by atoms with Crippen LogP contribution in [0.5, 0.6) is 0 Å². The Balaban J connectivity index is 3.29. The minimum Gasteiger partial charge on any atom is -0.461 e. The van der Waals surface area contributed by atoms with Crippen molar-refractivity contribution in [3.8, 4) is 6.07 Å². The minimum atomic E-state index is -0.695. The molecule has 0 saturated heterocycles. The molecule has 1 aromatic heterocycles. The van der Waals surface area contributed by atoms with Crippen LogP contribution in [0.25, 0.3) is 0 Å². The second-order valence-electron chi connectivity index (χ2n) is 3.34. The van der Waals surface area contributed by atoms with Crippen LogP contribution < -0.4 is 4.90 Å². The van der Waals surface area contributed by atoms with Crippen LogP contribution in [-0.4, -0.2) is 35.5 Å². The first-order chi connectivity index (χ1) is 8.51. The number of ether oxygens (including phenoxy) is 1. The van der Waals surface area contributed by atoms with E-state index >= 15 is 0 Å². The van der Waals surface area contributed by atoms with Crippen LogP contribution in [0.2, 0.25) is 0 Å². The summed E-state index contributed by atoms with van der Waals surface area (Å²) in [5, 5.41) is 8.70. The van der Waals surface area contributed by atoms with Crippen LogP contribution in [0.15, 0.2) is 6.20 Å². The normalized spacial score (nSPS) is 9.44. The number of hydrogen-bond acceptors (Lipinski definition) is 6. The summed E-state index contributed by atoms with van der Waals surface area (Å²) < 4.78 is 4.82. The largest absolute Gasteiger partial charge is 0.461 e. The van der Waals surface area contributed by atoms with E-state index in [0.717, 1.165) is 0 Å². The fourth-order valence-corrected chi connectivity index (χ4v) is 1.19. The minimum absolute atomic E-state index is 0.0962. The van der Waals surface area contributed by atoms with E-state index in [-0.39, 0.29) is 29.7 Å². The number of aromatic nitrogens is 2. The second-order valence-corrected chi connectivity index (χ2v) is 3.34. The molecule has 0 aromatic carbocycles. The lowest BCUT2D eigenvalue weighted by molar-refractivity contribution is -0.116. The second kappa shape index (κ2) is 5.72. The summed E-state index contributed by atoms with van der Waals surface area (Å²) in [6, 6.07) is 1.73. The molecule has 0 bridgehead atoms. The zero-order valence-electron chi connectivity index (χ0n) is 10.3. The quantitative estimate of drug-likeness (QED) is 0.723. The van der Waals surface area contributed by atoms with Crippen LogP contribution in [0, 0.1) is 11.3 Å². The van der Waals surface area contributed by atoms with Gasteiger partial charge < -0.3 is 9.64 Å². The van der Waals surface area contributed by atoms with Gasteiger partial charge in [0.1, 0.15) is 6.07 Å². The van der Waals surface area contributed by atoms with Gasteiger partial charge in [0.15, 0.2) is 5.69 Å². The molecule has 0 aliphatic carbocycles. The van der Waals surface area contributed by atoms with Gasteiger partial charge in [-0.1, -0.05) is 0 Å². The van der Waals surface area contributed by atoms with Crippen LogP contribution >= 0.6 is 0 Å². The van der Waals surface area contributed by atoms with E-state index in [4.69, 9.17) is 10.00 Å². The molecule has 0 fully saturated rings.